The normalized spacial score (nSPS) is 12.5. The van der Waals surface area contributed by atoms with Gasteiger partial charge in [0, 0.05) is 17.6 Å². The third-order valence-corrected chi connectivity index (χ3v) is 2.66. The van der Waals surface area contributed by atoms with Gasteiger partial charge in [-0.2, -0.15) is 0 Å². The molecule has 0 aliphatic heterocycles. The van der Waals surface area contributed by atoms with Crippen LogP contribution in [0.15, 0.2) is 18.2 Å². The van der Waals surface area contributed by atoms with Gasteiger partial charge in [-0.1, -0.05) is 25.4 Å². The molecule has 1 rings (SSSR count). The molecule has 6 heteroatoms. The number of nitro groups is 1. The first-order valence-electron chi connectivity index (χ1n) is 5.76. The Bertz CT molecular complexity index is 424. The molecule has 1 unspecified atom stereocenters. The van der Waals surface area contributed by atoms with Crippen LogP contribution in [-0.2, 0) is 0 Å². The third kappa shape index (κ3) is 4.50. The Balaban J connectivity index is 2.71. The highest BCUT2D eigenvalue weighted by Crippen LogP contribution is 2.27. The van der Waals surface area contributed by atoms with E-state index in [1.54, 1.807) is 0 Å². The summed E-state index contributed by atoms with van der Waals surface area (Å²) >= 11 is 5.80. The molecule has 0 aromatic heterocycles. The zero-order chi connectivity index (χ0) is 13.7. The summed E-state index contributed by atoms with van der Waals surface area (Å²) in [6.45, 7) is 4.27. The molecule has 2 N–H and O–H groups in total. The molecular formula is C12H17ClN2O3. The Kier molecular flexibility index (Phi) is 5.37. The molecule has 0 radical (unpaired) electrons. The number of nitrogens with one attached hydrogen (secondary N) is 1. The van der Waals surface area contributed by atoms with Gasteiger partial charge in [0.1, 0.15) is 5.69 Å². The molecule has 0 heterocycles. The lowest BCUT2D eigenvalue weighted by molar-refractivity contribution is -0.384. The van der Waals surface area contributed by atoms with Gasteiger partial charge in [-0.15, -0.1) is 0 Å². The number of rotatable bonds is 6. The topological polar surface area (TPSA) is 75.4 Å². The zero-order valence-electron chi connectivity index (χ0n) is 10.4. The van der Waals surface area contributed by atoms with Gasteiger partial charge in [-0.05, 0) is 24.5 Å². The van der Waals surface area contributed by atoms with Crippen molar-refractivity contribution >= 4 is 23.0 Å². The highest BCUT2D eigenvalue weighted by Gasteiger charge is 2.15. The van der Waals surface area contributed by atoms with Crippen molar-refractivity contribution in [3.05, 3.63) is 33.3 Å². The summed E-state index contributed by atoms with van der Waals surface area (Å²) in [5.41, 5.74) is 0.284. The van der Waals surface area contributed by atoms with Crippen LogP contribution in [0.4, 0.5) is 11.4 Å². The van der Waals surface area contributed by atoms with Crippen molar-refractivity contribution < 1.29 is 10.0 Å². The summed E-state index contributed by atoms with van der Waals surface area (Å²) < 4.78 is 0. The monoisotopic (exact) mass is 272 g/mol. The highest BCUT2D eigenvalue weighted by atomic mass is 35.5. The van der Waals surface area contributed by atoms with Gasteiger partial charge in [0.25, 0.3) is 5.69 Å². The molecule has 0 saturated heterocycles. The van der Waals surface area contributed by atoms with Crippen molar-refractivity contribution in [1.29, 1.82) is 0 Å². The van der Waals surface area contributed by atoms with Crippen LogP contribution in [0.1, 0.15) is 20.3 Å². The Labute approximate surface area is 111 Å². The first-order chi connectivity index (χ1) is 8.40. The first kappa shape index (κ1) is 14.7. The van der Waals surface area contributed by atoms with Crippen molar-refractivity contribution in [1.82, 2.24) is 0 Å². The van der Waals surface area contributed by atoms with Crippen molar-refractivity contribution in [2.45, 2.75) is 26.4 Å². The van der Waals surface area contributed by atoms with Gasteiger partial charge in [0.15, 0.2) is 0 Å². The van der Waals surface area contributed by atoms with Gasteiger partial charge < -0.3 is 10.4 Å². The zero-order valence-corrected chi connectivity index (χ0v) is 11.1. The van der Waals surface area contributed by atoms with Crippen LogP contribution >= 0.6 is 11.6 Å². The number of hydrogen-bond acceptors (Lipinski definition) is 4. The van der Waals surface area contributed by atoms with E-state index in [4.69, 9.17) is 11.6 Å². The minimum atomic E-state index is -0.538. The summed E-state index contributed by atoms with van der Waals surface area (Å²) in [4.78, 5) is 10.3. The Hall–Kier alpha value is -1.33. The molecule has 100 valence electrons. The summed E-state index contributed by atoms with van der Waals surface area (Å²) in [6.07, 6.45) is 0.102. The maximum atomic E-state index is 10.8. The van der Waals surface area contributed by atoms with Crippen LogP contribution in [0.3, 0.4) is 0 Å². The average Bonchev–Trinajstić information content (AvgIpc) is 2.25. The summed E-state index contributed by atoms with van der Waals surface area (Å²) in [6, 6.07) is 4.30. The lowest BCUT2D eigenvalue weighted by atomic mass is 10.1. The second-order valence-electron chi connectivity index (χ2n) is 4.58. The largest absolute Gasteiger partial charge is 0.391 e. The number of anilines is 1. The summed E-state index contributed by atoms with van der Waals surface area (Å²) in [7, 11) is 0. The van der Waals surface area contributed by atoms with Crippen LogP contribution in [0.5, 0.6) is 0 Å². The third-order valence-electron chi connectivity index (χ3n) is 2.43. The number of aliphatic hydroxyl groups is 1. The van der Waals surface area contributed by atoms with Gasteiger partial charge in [0.2, 0.25) is 0 Å². The van der Waals surface area contributed by atoms with E-state index in [2.05, 4.69) is 5.32 Å². The van der Waals surface area contributed by atoms with Crippen LogP contribution in [-0.4, -0.2) is 22.7 Å². The molecule has 1 atom stereocenters. The fraction of sp³-hybridized carbons (Fsp3) is 0.500. The van der Waals surface area contributed by atoms with Gasteiger partial charge in [-0.3, -0.25) is 10.1 Å². The van der Waals surface area contributed by atoms with Crippen molar-refractivity contribution in [2.75, 3.05) is 11.9 Å². The number of aliphatic hydroxyl groups excluding tert-OH is 1. The van der Waals surface area contributed by atoms with E-state index < -0.39 is 11.0 Å². The lowest BCUT2D eigenvalue weighted by Crippen LogP contribution is -2.21. The average molecular weight is 273 g/mol. The summed E-state index contributed by atoms with van der Waals surface area (Å²) in [5, 5.41) is 23.8. The van der Waals surface area contributed by atoms with E-state index in [1.807, 2.05) is 13.8 Å². The minimum Gasteiger partial charge on any atom is -0.391 e. The number of benzene rings is 1. The van der Waals surface area contributed by atoms with E-state index in [0.29, 0.717) is 23.0 Å². The number of hydrogen-bond donors (Lipinski definition) is 2. The molecule has 0 bridgehead atoms. The smallest absolute Gasteiger partial charge is 0.292 e. The van der Waals surface area contributed by atoms with Crippen LogP contribution in [0, 0.1) is 16.0 Å². The summed E-state index contributed by atoms with van der Waals surface area (Å²) in [5.74, 6) is 0.371. The quantitative estimate of drug-likeness (QED) is 0.616. The maximum Gasteiger partial charge on any atom is 0.292 e. The molecular weight excluding hydrogens is 256 g/mol. The fourth-order valence-corrected chi connectivity index (χ4v) is 1.84. The molecule has 0 amide bonds. The Morgan fingerprint density at radius 3 is 2.72 bits per heavy atom. The number of nitro benzene ring substituents is 1. The standard InChI is InChI=1S/C12H17ClN2O3/c1-8(2)5-10(16)7-14-11-6-9(13)3-4-12(11)15(17)18/h3-4,6,8,10,14,16H,5,7H2,1-2H3. The van der Waals surface area contributed by atoms with E-state index >= 15 is 0 Å². The van der Waals surface area contributed by atoms with Gasteiger partial charge in [0.05, 0.1) is 11.0 Å². The van der Waals surface area contributed by atoms with Crippen LogP contribution in [0.25, 0.3) is 0 Å². The Morgan fingerprint density at radius 2 is 2.17 bits per heavy atom. The lowest BCUT2D eigenvalue weighted by Gasteiger charge is -2.14. The number of nitrogens with zero attached hydrogens (tertiary/aromatic N) is 1. The highest BCUT2D eigenvalue weighted by molar-refractivity contribution is 6.31. The van der Waals surface area contributed by atoms with E-state index in [9.17, 15) is 15.2 Å². The molecule has 0 saturated carbocycles. The van der Waals surface area contributed by atoms with E-state index in [-0.39, 0.29) is 12.2 Å². The minimum absolute atomic E-state index is 0.0452. The van der Waals surface area contributed by atoms with Gasteiger partial charge in [-0.25, -0.2) is 0 Å². The maximum absolute atomic E-state index is 10.8. The second kappa shape index (κ2) is 6.56. The SMILES string of the molecule is CC(C)CC(O)CNc1cc(Cl)ccc1[N+](=O)[O-]. The molecule has 18 heavy (non-hydrogen) atoms. The molecule has 0 aliphatic carbocycles. The molecule has 1 aromatic carbocycles. The fourth-order valence-electron chi connectivity index (χ4n) is 1.66. The molecule has 0 aliphatic rings. The second-order valence-corrected chi connectivity index (χ2v) is 5.02. The van der Waals surface area contributed by atoms with E-state index in [0.717, 1.165) is 0 Å². The predicted octanol–water partition coefficient (Wildman–Crippen LogP) is 3.07. The molecule has 0 fully saturated rings. The van der Waals surface area contributed by atoms with Crippen LogP contribution < -0.4 is 5.32 Å². The predicted molar refractivity (Wildman–Crippen MR) is 72.1 cm³/mol. The first-order valence-corrected chi connectivity index (χ1v) is 6.13. The van der Waals surface area contributed by atoms with Crippen molar-refractivity contribution in [3.63, 3.8) is 0 Å². The van der Waals surface area contributed by atoms with Gasteiger partial charge >= 0.3 is 0 Å². The molecule has 1 aromatic rings. The van der Waals surface area contributed by atoms with Crippen molar-refractivity contribution in [3.8, 4) is 0 Å². The van der Waals surface area contributed by atoms with Crippen LogP contribution in [0.2, 0.25) is 5.02 Å². The molecule has 5 nitrogen and oxygen atoms in total. The number of halogens is 1. The van der Waals surface area contributed by atoms with Crippen molar-refractivity contribution in [2.24, 2.45) is 5.92 Å². The Morgan fingerprint density at radius 1 is 1.50 bits per heavy atom. The van der Waals surface area contributed by atoms with E-state index in [1.165, 1.54) is 18.2 Å². The molecule has 0 spiro atoms.